The molecule has 0 atom stereocenters. The Kier molecular flexibility index (Phi) is 3.78. The predicted molar refractivity (Wildman–Crippen MR) is 96.9 cm³/mol. The van der Waals surface area contributed by atoms with E-state index in [2.05, 4.69) is 26.1 Å². The molecule has 4 aromatic rings. The van der Waals surface area contributed by atoms with Gasteiger partial charge in [-0.25, -0.2) is 4.98 Å². The molecule has 0 aliphatic rings. The molecule has 0 N–H and O–H groups in total. The molecule has 0 saturated heterocycles. The van der Waals surface area contributed by atoms with Crippen LogP contribution in [-0.2, 0) is 0 Å². The molecule has 24 heavy (non-hydrogen) atoms. The molecule has 118 valence electrons. The van der Waals surface area contributed by atoms with Crippen molar-refractivity contribution in [3.63, 3.8) is 0 Å². The molecule has 0 unspecified atom stereocenters. The number of halogens is 1. The third-order valence-electron chi connectivity index (χ3n) is 3.87. The highest BCUT2D eigenvalue weighted by atomic mass is 79.9. The van der Waals surface area contributed by atoms with Crippen LogP contribution in [0.3, 0.4) is 0 Å². The number of benzene rings is 2. The first-order valence-corrected chi connectivity index (χ1v) is 8.33. The van der Waals surface area contributed by atoms with Gasteiger partial charge in [0.15, 0.2) is 0 Å². The lowest BCUT2D eigenvalue weighted by molar-refractivity contribution is 0.400. The Morgan fingerprint density at radius 1 is 1.00 bits per heavy atom. The van der Waals surface area contributed by atoms with Crippen LogP contribution in [0.25, 0.3) is 28.2 Å². The van der Waals surface area contributed by atoms with Crippen molar-refractivity contribution in [2.24, 2.45) is 0 Å². The van der Waals surface area contributed by atoms with Crippen molar-refractivity contribution >= 4 is 15.9 Å². The van der Waals surface area contributed by atoms with Gasteiger partial charge in [0.1, 0.15) is 11.5 Å². The summed E-state index contributed by atoms with van der Waals surface area (Å²) in [6.45, 7) is 1.91. The first-order valence-electron chi connectivity index (χ1n) is 7.54. The Morgan fingerprint density at radius 2 is 1.75 bits per heavy atom. The van der Waals surface area contributed by atoms with E-state index in [1.807, 2.05) is 72.3 Å². The molecule has 0 fully saturated rings. The number of imidazole rings is 1. The van der Waals surface area contributed by atoms with E-state index in [1.54, 1.807) is 6.33 Å². The van der Waals surface area contributed by atoms with Crippen LogP contribution in [0.4, 0.5) is 0 Å². The maximum atomic E-state index is 5.43. The Hall–Kier alpha value is -2.66. The monoisotopic (exact) mass is 379 g/mol. The van der Waals surface area contributed by atoms with Gasteiger partial charge >= 0.3 is 0 Å². The number of nitrogens with zero attached hydrogens (tertiary/aromatic N) is 3. The molecular formula is C19H14BrN3O. The quantitative estimate of drug-likeness (QED) is 0.487. The number of aryl methyl sites for hydroxylation is 1. The fraction of sp³-hybridized carbons (Fsp3) is 0.0526. The molecule has 0 aliphatic carbocycles. The maximum Gasteiger partial charge on any atom is 0.143 e. The Morgan fingerprint density at radius 3 is 2.50 bits per heavy atom. The van der Waals surface area contributed by atoms with Gasteiger partial charge in [0.25, 0.3) is 0 Å². The number of hydrogen-bond acceptors (Lipinski definition) is 3. The summed E-state index contributed by atoms with van der Waals surface area (Å²) in [6, 6.07) is 18.1. The lowest BCUT2D eigenvalue weighted by Crippen LogP contribution is -1.88. The zero-order chi connectivity index (χ0) is 16.5. The second kappa shape index (κ2) is 6.09. The summed E-state index contributed by atoms with van der Waals surface area (Å²) in [4.78, 5) is 4.56. The average Bonchev–Trinajstić information content (AvgIpc) is 3.23. The first kappa shape index (κ1) is 14.9. The van der Waals surface area contributed by atoms with E-state index in [0.717, 1.165) is 38.4 Å². The standard InChI is InChI=1S/C19H14BrN3O/c1-13-18(19(22-24-13)14-5-3-2-4-6-14)17-11-23(12-21-17)16-9-7-15(20)8-10-16/h2-12H,1H3. The van der Waals surface area contributed by atoms with Crippen LogP contribution in [0.5, 0.6) is 0 Å². The van der Waals surface area contributed by atoms with E-state index in [1.165, 1.54) is 0 Å². The Labute approximate surface area is 147 Å². The van der Waals surface area contributed by atoms with Crippen LogP contribution < -0.4 is 0 Å². The molecule has 4 nitrogen and oxygen atoms in total. The Balaban J connectivity index is 1.78. The summed E-state index contributed by atoms with van der Waals surface area (Å²) in [5, 5.41) is 4.23. The minimum absolute atomic E-state index is 0.759. The van der Waals surface area contributed by atoms with Crippen molar-refractivity contribution in [2.45, 2.75) is 6.92 Å². The molecule has 2 heterocycles. The zero-order valence-corrected chi connectivity index (χ0v) is 14.6. The largest absolute Gasteiger partial charge is 0.360 e. The third kappa shape index (κ3) is 2.67. The molecule has 0 spiro atoms. The van der Waals surface area contributed by atoms with Crippen molar-refractivity contribution < 1.29 is 4.52 Å². The van der Waals surface area contributed by atoms with E-state index in [0.29, 0.717) is 0 Å². The van der Waals surface area contributed by atoms with Crippen LogP contribution in [0, 0.1) is 6.92 Å². The molecule has 5 heteroatoms. The van der Waals surface area contributed by atoms with Crippen LogP contribution in [0.1, 0.15) is 5.76 Å². The topological polar surface area (TPSA) is 43.9 Å². The third-order valence-corrected chi connectivity index (χ3v) is 4.40. The molecular weight excluding hydrogens is 366 g/mol. The van der Waals surface area contributed by atoms with E-state index in [4.69, 9.17) is 4.52 Å². The van der Waals surface area contributed by atoms with Gasteiger partial charge in [-0.15, -0.1) is 0 Å². The Bertz CT molecular complexity index is 972. The molecule has 0 aliphatic heterocycles. The first-order chi connectivity index (χ1) is 11.7. The highest BCUT2D eigenvalue weighted by Crippen LogP contribution is 2.33. The number of rotatable bonds is 3. The molecule has 0 amide bonds. The lowest BCUT2D eigenvalue weighted by atomic mass is 10.0. The van der Waals surface area contributed by atoms with Gasteiger partial charge in [0, 0.05) is 21.9 Å². The highest BCUT2D eigenvalue weighted by Gasteiger charge is 2.18. The minimum Gasteiger partial charge on any atom is -0.360 e. The maximum absolute atomic E-state index is 5.43. The molecule has 2 aromatic heterocycles. The number of aromatic nitrogens is 3. The van der Waals surface area contributed by atoms with E-state index < -0.39 is 0 Å². The summed E-state index contributed by atoms with van der Waals surface area (Å²) >= 11 is 3.45. The van der Waals surface area contributed by atoms with Crippen molar-refractivity contribution in [3.8, 4) is 28.2 Å². The average molecular weight is 380 g/mol. The smallest absolute Gasteiger partial charge is 0.143 e. The summed E-state index contributed by atoms with van der Waals surface area (Å²) < 4.78 is 8.47. The van der Waals surface area contributed by atoms with Gasteiger partial charge in [0.2, 0.25) is 0 Å². The minimum atomic E-state index is 0.759. The van der Waals surface area contributed by atoms with Crippen molar-refractivity contribution in [3.05, 3.63) is 77.4 Å². The van der Waals surface area contributed by atoms with Crippen LogP contribution in [0.2, 0.25) is 0 Å². The lowest BCUT2D eigenvalue weighted by Gasteiger charge is -2.02. The molecule has 2 aromatic carbocycles. The summed E-state index contributed by atoms with van der Waals surface area (Å²) in [5.41, 5.74) is 4.65. The van der Waals surface area contributed by atoms with Crippen LogP contribution >= 0.6 is 15.9 Å². The van der Waals surface area contributed by atoms with Gasteiger partial charge < -0.3 is 9.09 Å². The van der Waals surface area contributed by atoms with Crippen molar-refractivity contribution in [1.29, 1.82) is 0 Å². The van der Waals surface area contributed by atoms with Crippen molar-refractivity contribution in [1.82, 2.24) is 14.7 Å². The van der Waals surface area contributed by atoms with E-state index >= 15 is 0 Å². The zero-order valence-electron chi connectivity index (χ0n) is 13.0. The van der Waals surface area contributed by atoms with Gasteiger partial charge in [-0.05, 0) is 31.2 Å². The fourth-order valence-corrected chi connectivity index (χ4v) is 2.94. The molecule has 0 bridgehead atoms. The van der Waals surface area contributed by atoms with Crippen LogP contribution in [0.15, 0.2) is 76.1 Å². The van der Waals surface area contributed by atoms with E-state index in [-0.39, 0.29) is 0 Å². The second-order valence-corrected chi connectivity index (χ2v) is 6.39. The fourth-order valence-electron chi connectivity index (χ4n) is 2.67. The van der Waals surface area contributed by atoms with Gasteiger partial charge in [0.05, 0.1) is 17.6 Å². The number of hydrogen-bond donors (Lipinski definition) is 0. The van der Waals surface area contributed by atoms with Crippen molar-refractivity contribution in [2.75, 3.05) is 0 Å². The molecule has 0 saturated carbocycles. The van der Waals surface area contributed by atoms with Gasteiger partial charge in [-0.1, -0.05) is 51.4 Å². The molecule has 4 rings (SSSR count). The summed E-state index contributed by atoms with van der Waals surface area (Å²) in [5.74, 6) is 0.759. The summed E-state index contributed by atoms with van der Waals surface area (Å²) in [7, 11) is 0. The second-order valence-electron chi connectivity index (χ2n) is 5.47. The molecule has 0 radical (unpaired) electrons. The van der Waals surface area contributed by atoms with Gasteiger partial charge in [-0.3, -0.25) is 0 Å². The van der Waals surface area contributed by atoms with Crippen LogP contribution in [-0.4, -0.2) is 14.7 Å². The normalized spacial score (nSPS) is 10.9. The summed E-state index contributed by atoms with van der Waals surface area (Å²) in [6.07, 6.45) is 3.80. The predicted octanol–water partition coefficient (Wildman–Crippen LogP) is 5.27. The van der Waals surface area contributed by atoms with Gasteiger partial charge in [-0.2, -0.15) is 0 Å². The highest BCUT2D eigenvalue weighted by molar-refractivity contribution is 9.10. The van der Waals surface area contributed by atoms with E-state index in [9.17, 15) is 0 Å². The SMILES string of the molecule is Cc1onc(-c2ccccc2)c1-c1cn(-c2ccc(Br)cc2)cn1.